The van der Waals surface area contributed by atoms with Gasteiger partial charge in [0.2, 0.25) is 0 Å². The number of esters is 2. The van der Waals surface area contributed by atoms with Gasteiger partial charge < -0.3 is 34.5 Å². The minimum atomic E-state index is -5.29. The monoisotopic (exact) mass is 567 g/mol. The van der Waals surface area contributed by atoms with E-state index in [-0.39, 0.29) is 81.7 Å². The first kappa shape index (κ1) is 43.3. The van der Waals surface area contributed by atoms with Crippen LogP contribution < -0.4 is 75.1 Å². The third-order valence-electron chi connectivity index (χ3n) is 4.34. The molecule has 0 saturated carbocycles. The van der Waals surface area contributed by atoms with Crippen LogP contribution in [-0.4, -0.2) is 31.3 Å². The van der Waals surface area contributed by atoms with Crippen molar-refractivity contribution in [3.8, 4) is 47.9 Å². The van der Waals surface area contributed by atoms with E-state index in [0.29, 0.717) is 6.42 Å². The molecule has 0 aliphatic rings. The topological polar surface area (TPSA) is 160 Å². The first-order chi connectivity index (χ1) is 16.3. The second-order valence-electron chi connectivity index (χ2n) is 7.28. The Morgan fingerprint density at radius 1 is 0.865 bits per heavy atom. The molecule has 0 rings (SSSR count). The fraction of sp³-hybridized carbons (Fsp3) is 0.600. The molecule has 0 bridgehead atoms. The Bertz CT molecular complexity index is 925. The van der Waals surface area contributed by atoms with Crippen molar-refractivity contribution >= 4 is 19.8 Å². The van der Waals surface area contributed by atoms with E-state index >= 15 is 0 Å². The number of carbonyl (C=O) groups is 2. The normalized spacial score (nSPS) is 9.89. The summed E-state index contributed by atoms with van der Waals surface area (Å²) in [5.74, 6) is 13.8. The third-order valence-corrected chi connectivity index (χ3v) is 4.80. The van der Waals surface area contributed by atoms with Crippen LogP contribution in [0.2, 0.25) is 0 Å². The fourth-order valence-corrected chi connectivity index (χ4v) is 3.06. The van der Waals surface area contributed by atoms with Gasteiger partial charge in [0.25, 0.3) is 0 Å². The van der Waals surface area contributed by atoms with Gasteiger partial charge in [0.1, 0.15) is 6.61 Å². The van der Waals surface area contributed by atoms with Crippen LogP contribution in [0.1, 0.15) is 87.5 Å². The van der Waals surface area contributed by atoms with Gasteiger partial charge in [-0.15, -0.1) is 6.42 Å². The maximum atomic E-state index is 12.0. The number of rotatable bonds is 17. The standard InChI is InChI=1S/C25H33O8P.H3N.2Na.7H2/c1-3-5-7-9-11-12-13-14-16-18-20-25(27)33-23(22-32-34(28,29)30)21-31-24(26)19-17-15-10-8-6-4-2;;;;;;;;;;/h2,23H,3,5,7,9,11-14,16,18,20-22H2,1H3,(H2,28,29,30);1H3;;;7*1H/q;;2*+1;;;;;;;/p-2/t23-;;;;;;;;;;/m0........../s1. The molecule has 0 aliphatic heterocycles. The summed E-state index contributed by atoms with van der Waals surface area (Å²) in [6, 6.07) is 0. The molecule has 12 heteroatoms. The van der Waals surface area contributed by atoms with Gasteiger partial charge in [0, 0.05) is 22.3 Å². The van der Waals surface area contributed by atoms with Gasteiger partial charge in [-0.1, -0.05) is 64.7 Å². The fourth-order valence-electron chi connectivity index (χ4n) is 2.71. The van der Waals surface area contributed by atoms with Crippen molar-refractivity contribution in [3.05, 3.63) is 0 Å². The number of hydrogen-bond acceptors (Lipinski definition) is 9. The number of carbonyl (C=O) groups excluding carboxylic acids is 2. The summed E-state index contributed by atoms with van der Waals surface area (Å²) in [6.45, 7) is 0.879. The molecular weight excluding hydrogens is 519 g/mol. The Hall–Kier alpha value is -0.750. The molecule has 208 valence electrons. The number of phosphoric ester groups is 1. The Morgan fingerprint density at radius 2 is 1.38 bits per heavy atom. The van der Waals surface area contributed by atoms with Crippen molar-refractivity contribution < 1.29 is 107 Å². The molecule has 0 aromatic heterocycles. The van der Waals surface area contributed by atoms with E-state index in [9.17, 15) is 23.9 Å². The largest absolute Gasteiger partial charge is 1.00 e. The Balaban J connectivity index is -0.000000121. The number of ether oxygens (including phenoxy) is 2. The second-order valence-corrected chi connectivity index (χ2v) is 8.43. The Labute approximate surface area is 276 Å². The second kappa shape index (κ2) is 29.8. The Kier molecular flexibility index (Phi) is 34.9. The van der Waals surface area contributed by atoms with Crippen LogP contribution in [0.5, 0.6) is 0 Å². The number of terminal acetylenes is 1. The minimum Gasteiger partial charge on any atom is -0.790 e. The molecule has 0 amide bonds. The van der Waals surface area contributed by atoms with Crippen LogP contribution in [0.15, 0.2) is 0 Å². The van der Waals surface area contributed by atoms with E-state index in [1.165, 1.54) is 38.5 Å². The molecule has 37 heavy (non-hydrogen) atoms. The molecule has 1 atom stereocenters. The van der Waals surface area contributed by atoms with Crippen LogP contribution >= 0.6 is 7.82 Å². The molecule has 0 aromatic rings. The van der Waals surface area contributed by atoms with E-state index in [1.807, 2.05) is 11.8 Å². The van der Waals surface area contributed by atoms with Gasteiger partial charge in [-0.3, -0.25) is 4.79 Å². The molecule has 3 N–H and O–H groups in total. The first-order valence-corrected chi connectivity index (χ1v) is 12.7. The zero-order chi connectivity index (χ0) is 25.5. The van der Waals surface area contributed by atoms with E-state index < -0.39 is 39.1 Å². The molecule has 0 unspecified atom stereocenters. The summed E-state index contributed by atoms with van der Waals surface area (Å²) < 4.78 is 24.8. The van der Waals surface area contributed by atoms with Crippen molar-refractivity contribution in [1.29, 1.82) is 0 Å². The van der Waals surface area contributed by atoms with Gasteiger partial charge in [-0.25, -0.2) is 4.79 Å². The van der Waals surface area contributed by atoms with E-state index in [1.54, 1.807) is 0 Å². The van der Waals surface area contributed by atoms with E-state index in [2.05, 4.69) is 41.0 Å². The van der Waals surface area contributed by atoms with Crippen LogP contribution in [-0.2, 0) is 28.2 Å². The summed E-state index contributed by atoms with van der Waals surface area (Å²) >= 11 is 0. The average Bonchev–Trinajstić information content (AvgIpc) is 2.78. The van der Waals surface area contributed by atoms with Gasteiger partial charge in [-0.05, 0) is 41.9 Å². The first-order valence-electron chi connectivity index (χ1n) is 11.3. The van der Waals surface area contributed by atoms with Crippen LogP contribution in [0.3, 0.4) is 0 Å². The third kappa shape index (κ3) is 33.2. The minimum absolute atomic E-state index is 0. The van der Waals surface area contributed by atoms with Gasteiger partial charge in [-0.2, -0.15) is 0 Å². The molecule has 0 heterocycles. The predicted molar refractivity (Wildman–Crippen MR) is 143 cm³/mol. The van der Waals surface area contributed by atoms with Crippen LogP contribution in [0.4, 0.5) is 0 Å². The molecule has 9 nitrogen and oxygen atoms in total. The van der Waals surface area contributed by atoms with Crippen molar-refractivity contribution in [2.45, 2.75) is 83.7 Å². The maximum absolute atomic E-state index is 12.0. The molecule has 0 saturated heterocycles. The van der Waals surface area contributed by atoms with Crippen molar-refractivity contribution in [1.82, 2.24) is 6.15 Å². The van der Waals surface area contributed by atoms with Crippen LogP contribution in [0, 0.1) is 47.9 Å². The molecule has 0 aromatic carbocycles. The molecule has 0 fully saturated rings. The quantitative estimate of drug-likeness (QED) is 0.0531. The SMILES string of the molecule is C#CC#CC#CC#CC(=O)OC[C@@H](COP(=O)([O-])[O-])OC(=O)CCCCCCCCCCCC.N.[HH].[HH].[HH].[HH].[HH].[HH].[HH].[Na+].[Na+]. The molecule has 0 spiro atoms. The van der Waals surface area contributed by atoms with Gasteiger partial charge in [0.05, 0.1) is 14.4 Å². The van der Waals surface area contributed by atoms with Crippen molar-refractivity contribution in [2.75, 3.05) is 13.2 Å². The number of unbranched alkanes of at least 4 members (excludes halogenated alkanes) is 9. The predicted octanol–water partition coefficient (Wildman–Crippen LogP) is -1.87. The maximum Gasteiger partial charge on any atom is 1.00 e. The molecule has 0 radical (unpaired) electrons. The van der Waals surface area contributed by atoms with E-state index in [0.717, 1.165) is 19.3 Å². The Morgan fingerprint density at radius 3 is 1.92 bits per heavy atom. The number of phosphoric acid groups is 1. The summed E-state index contributed by atoms with van der Waals surface area (Å²) in [5.41, 5.74) is 0. The smallest absolute Gasteiger partial charge is 0.790 e. The van der Waals surface area contributed by atoms with Crippen LogP contribution in [0.25, 0.3) is 0 Å². The zero-order valence-electron chi connectivity index (χ0n) is 22.3. The average molecular weight is 568 g/mol. The molecular formula is C25H48NNa2O8P. The van der Waals surface area contributed by atoms with Gasteiger partial charge in [0.15, 0.2) is 6.10 Å². The van der Waals surface area contributed by atoms with Gasteiger partial charge >= 0.3 is 71.1 Å². The molecule has 0 aliphatic carbocycles. The summed E-state index contributed by atoms with van der Waals surface area (Å²) in [7, 11) is -5.29. The summed E-state index contributed by atoms with van der Waals surface area (Å²) in [6.07, 6.45) is 14.8. The van der Waals surface area contributed by atoms with Crippen molar-refractivity contribution in [3.63, 3.8) is 0 Å². The zero-order valence-corrected chi connectivity index (χ0v) is 27.2. The number of hydrogen-bond donors (Lipinski definition) is 1. The summed E-state index contributed by atoms with van der Waals surface area (Å²) in [4.78, 5) is 45.1. The van der Waals surface area contributed by atoms with Crippen molar-refractivity contribution in [2.24, 2.45) is 0 Å². The summed E-state index contributed by atoms with van der Waals surface area (Å²) in [5, 5.41) is 0. The van der Waals surface area contributed by atoms with E-state index in [4.69, 9.17) is 15.9 Å².